The van der Waals surface area contributed by atoms with Gasteiger partial charge in [0, 0.05) is 44.6 Å². The summed E-state index contributed by atoms with van der Waals surface area (Å²) in [6.45, 7) is 6.47. The Morgan fingerprint density at radius 2 is 1.72 bits per heavy atom. The molecule has 2 fully saturated rings. The van der Waals surface area contributed by atoms with Crippen LogP contribution in [0.2, 0.25) is 0 Å². The van der Waals surface area contributed by atoms with Crippen LogP contribution < -0.4 is 5.32 Å². The fraction of sp³-hybridized carbons (Fsp3) is 0.406. The van der Waals surface area contributed by atoms with E-state index in [2.05, 4.69) is 53.5 Å². The van der Waals surface area contributed by atoms with E-state index in [0.717, 1.165) is 52.9 Å². The molecule has 39 heavy (non-hydrogen) atoms. The number of β-amino-alcohol motifs (C(OH)–C–C–N with tert-alkyl or cyclic N) is 1. The monoisotopic (exact) mass is 530 g/mol. The summed E-state index contributed by atoms with van der Waals surface area (Å²) in [6.07, 6.45) is -0.245. The molecule has 2 heterocycles. The Kier molecular flexibility index (Phi) is 8.75. The first-order chi connectivity index (χ1) is 18.9. The van der Waals surface area contributed by atoms with Gasteiger partial charge in [-0.25, -0.2) is 0 Å². The molecule has 2 aliphatic rings. The number of aliphatic hydroxyl groups excluding tert-OH is 2. The lowest BCUT2D eigenvalue weighted by Gasteiger charge is -2.42. The second kappa shape index (κ2) is 12.4. The smallest absolute Gasteiger partial charge is 0.217 e. The van der Waals surface area contributed by atoms with Gasteiger partial charge in [-0.3, -0.25) is 9.69 Å². The number of rotatable bonds is 8. The van der Waals surface area contributed by atoms with Crippen LogP contribution in [0.3, 0.4) is 0 Å². The van der Waals surface area contributed by atoms with Gasteiger partial charge in [-0.2, -0.15) is 0 Å². The van der Waals surface area contributed by atoms with Crippen LogP contribution in [0, 0.1) is 5.92 Å². The predicted molar refractivity (Wildman–Crippen MR) is 149 cm³/mol. The number of carbonyl (C=O) groups excluding carboxylic acids is 1. The second-order valence-electron chi connectivity index (χ2n) is 10.8. The molecule has 0 bridgehead atoms. The Balaban J connectivity index is 1.36. The van der Waals surface area contributed by atoms with Gasteiger partial charge in [-0.1, -0.05) is 73.7 Å². The summed E-state index contributed by atoms with van der Waals surface area (Å²) in [5.41, 5.74) is 6.08. The number of amides is 1. The maximum Gasteiger partial charge on any atom is 0.217 e. The topological polar surface area (TPSA) is 91.3 Å². The van der Waals surface area contributed by atoms with Crippen LogP contribution in [0.25, 0.3) is 11.1 Å². The molecule has 5 atom stereocenters. The second-order valence-corrected chi connectivity index (χ2v) is 10.8. The van der Waals surface area contributed by atoms with Crippen LogP contribution in [0.4, 0.5) is 0 Å². The lowest BCUT2D eigenvalue weighted by atomic mass is 9.90. The predicted octanol–water partition coefficient (Wildman–Crippen LogP) is 4.34. The summed E-state index contributed by atoms with van der Waals surface area (Å²) in [7, 11) is 0. The van der Waals surface area contributed by atoms with E-state index in [-0.39, 0.29) is 36.7 Å². The maximum absolute atomic E-state index is 11.3. The van der Waals surface area contributed by atoms with E-state index in [0.29, 0.717) is 13.1 Å². The number of likely N-dealkylation sites (tertiary alicyclic amines) is 1. The molecule has 3 N–H and O–H groups in total. The van der Waals surface area contributed by atoms with Crippen LogP contribution >= 0.6 is 0 Å². The van der Waals surface area contributed by atoms with Gasteiger partial charge in [0.2, 0.25) is 5.91 Å². The minimum Gasteiger partial charge on any atom is -0.392 e. The van der Waals surface area contributed by atoms with Crippen LogP contribution in [0.5, 0.6) is 0 Å². The number of aliphatic hydroxyl groups is 2. The number of ether oxygens (including phenoxy) is 2. The third-order valence-electron chi connectivity index (χ3n) is 7.79. The van der Waals surface area contributed by atoms with Gasteiger partial charge >= 0.3 is 0 Å². The molecule has 1 amide bonds. The molecule has 2 aliphatic heterocycles. The highest BCUT2D eigenvalue weighted by Crippen LogP contribution is 2.42. The van der Waals surface area contributed by atoms with E-state index in [9.17, 15) is 15.0 Å². The van der Waals surface area contributed by atoms with Crippen molar-refractivity contribution in [2.24, 2.45) is 5.92 Å². The van der Waals surface area contributed by atoms with Crippen molar-refractivity contribution in [1.29, 1.82) is 0 Å². The summed E-state index contributed by atoms with van der Waals surface area (Å²) in [4.78, 5) is 13.6. The first kappa shape index (κ1) is 27.5. The van der Waals surface area contributed by atoms with Crippen molar-refractivity contribution >= 4 is 5.91 Å². The van der Waals surface area contributed by atoms with E-state index in [4.69, 9.17) is 9.47 Å². The number of nitrogens with zero attached hydrogens (tertiary/aromatic N) is 1. The molecule has 0 aliphatic carbocycles. The van der Waals surface area contributed by atoms with Crippen molar-refractivity contribution < 1.29 is 24.5 Å². The zero-order valence-electron chi connectivity index (χ0n) is 22.6. The zero-order chi connectivity index (χ0) is 27.4. The van der Waals surface area contributed by atoms with Gasteiger partial charge in [0.15, 0.2) is 6.29 Å². The quantitative estimate of drug-likeness (QED) is 0.401. The SMILES string of the molecule is CC(=O)NCc1cccc(-c2ccc(C3OC(CN4CCC(O)C4)C(C)C(c4ccc(CO)cc4)O3)cc2)c1. The molecule has 7 nitrogen and oxygen atoms in total. The summed E-state index contributed by atoms with van der Waals surface area (Å²) in [6, 6.07) is 24.4. The fourth-order valence-electron chi connectivity index (χ4n) is 5.48. The van der Waals surface area contributed by atoms with Gasteiger partial charge in [0.05, 0.1) is 24.9 Å². The third kappa shape index (κ3) is 6.75. The van der Waals surface area contributed by atoms with Crippen molar-refractivity contribution in [2.45, 2.75) is 58.0 Å². The van der Waals surface area contributed by atoms with Crippen molar-refractivity contribution in [3.05, 3.63) is 95.1 Å². The molecule has 5 rings (SSSR count). The lowest BCUT2D eigenvalue weighted by molar-refractivity contribution is -0.276. The van der Waals surface area contributed by atoms with Gasteiger partial charge in [-0.15, -0.1) is 0 Å². The standard InChI is InChI=1S/C32H38N2O5/c1-21-30(19-34-15-14-29(37)18-34)38-32(39-31(21)26-8-6-23(20-35)7-9-26)27-12-10-25(11-13-27)28-5-3-4-24(16-28)17-33-22(2)36/h3-13,16,21,29-32,35,37H,14-15,17-20H2,1-2H3,(H,33,36). The minimum absolute atomic E-state index is 0.00943. The Labute approximate surface area is 230 Å². The Morgan fingerprint density at radius 1 is 0.974 bits per heavy atom. The summed E-state index contributed by atoms with van der Waals surface area (Å²) in [5.74, 6) is 0.0537. The van der Waals surface area contributed by atoms with Crippen LogP contribution in [0.15, 0.2) is 72.8 Å². The van der Waals surface area contributed by atoms with E-state index in [1.807, 2.05) is 36.4 Å². The molecule has 2 saturated heterocycles. The van der Waals surface area contributed by atoms with Gasteiger partial charge in [0.25, 0.3) is 0 Å². The minimum atomic E-state index is -0.526. The molecular formula is C32H38N2O5. The number of benzene rings is 3. The number of hydrogen-bond donors (Lipinski definition) is 3. The van der Waals surface area contributed by atoms with Gasteiger partial charge in [-0.05, 0) is 40.3 Å². The van der Waals surface area contributed by atoms with Gasteiger partial charge in [0.1, 0.15) is 0 Å². The first-order valence-electron chi connectivity index (χ1n) is 13.7. The number of nitrogens with one attached hydrogen (secondary N) is 1. The summed E-state index contributed by atoms with van der Waals surface area (Å²) in [5, 5.41) is 22.4. The number of hydrogen-bond acceptors (Lipinski definition) is 6. The van der Waals surface area contributed by atoms with Crippen molar-refractivity contribution in [3.63, 3.8) is 0 Å². The molecule has 5 unspecified atom stereocenters. The average molecular weight is 531 g/mol. The first-order valence-corrected chi connectivity index (χ1v) is 13.7. The van der Waals surface area contributed by atoms with E-state index in [1.54, 1.807) is 0 Å². The molecule has 0 aromatic heterocycles. The Hall–Kier alpha value is -3.07. The highest BCUT2D eigenvalue weighted by molar-refractivity contribution is 5.73. The van der Waals surface area contributed by atoms with Crippen molar-refractivity contribution in [2.75, 3.05) is 19.6 Å². The Bertz CT molecular complexity index is 1250. The molecule has 7 heteroatoms. The van der Waals surface area contributed by atoms with Crippen molar-refractivity contribution in [1.82, 2.24) is 10.2 Å². The third-order valence-corrected chi connectivity index (χ3v) is 7.79. The highest BCUT2D eigenvalue weighted by Gasteiger charge is 2.39. The van der Waals surface area contributed by atoms with Crippen LogP contribution in [-0.4, -0.2) is 52.9 Å². The largest absolute Gasteiger partial charge is 0.392 e. The normalized spacial score (nSPS) is 25.5. The fourth-order valence-corrected chi connectivity index (χ4v) is 5.48. The molecule has 206 valence electrons. The molecule has 0 spiro atoms. The lowest BCUT2D eigenvalue weighted by Crippen LogP contribution is -2.44. The zero-order valence-corrected chi connectivity index (χ0v) is 22.6. The highest BCUT2D eigenvalue weighted by atomic mass is 16.7. The van der Waals surface area contributed by atoms with E-state index < -0.39 is 6.29 Å². The molecule has 3 aromatic carbocycles. The maximum atomic E-state index is 11.3. The van der Waals surface area contributed by atoms with E-state index in [1.165, 1.54) is 6.92 Å². The van der Waals surface area contributed by atoms with Gasteiger partial charge < -0.3 is 25.0 Å². The Morgan fingerprint density at radius 3 is 2.38 bits per heavy atom. The van der Waals surface area contributed by atoms with Crippen LogP contribution in [0.1, 0.15) is 54.9 Å². The van der Waals surface area contributed by atoms with Crippen LogP contribution in [-0.2, 0) is 27.4 Å². The molecular weight excluding hydrogens is 492 g/mol. The summed E-state index contributed by atoms with van der Waals surface area (Å²) < 4.78 is 13.2. The molecule has 0 saturated carbocycles. The number of carbonyl (C=O) groups is 1. The van der Waals surface area contributed by atoms with Crippen molar-refractivity contribution in [3.8, 4) is 11.1 Å². The summed E-state index contributed by atoms with van der Waals surface area (Å²) >= 11 is 0. The molecule has 0 radical (unpaired) electrons. The molecule has 3 aromatic rings. The average Bonchev–Trinajstić information content (AvgIpc) is 3.37. The van der Waals surface area contributed by atoms with E-state index >= 15 is 0 Å².